The third-order valence-electron chi connectivity index (χ3n) is 2.87. The molecule has 18 heavy (non-hydrogen) atoms. The van der Waals surface area contributed by atoms with E-state index in [-0.39, 0.29) is 24.9 Å². The number of likely N-dealkylation sites (tertiary alicyclic amines) is 1. The van der Waals surface area contributed by atoms with Crippen LogP contribution < -0.4 is 5.32 Å². The van der Waals surface area contributed by atoms with E-state index < -0.39 is 11.9 Å². The van der Waals surface area contributed by atoms with Gasteiger partial charge in [0.25, 0.3) is 0 Å². The van der Waals surface area contributed by atoms with Gasteiger partial charge < -0.3 is 15.3 Å². The molecular formula is C12H13FN2O3. The molecule has 0 bridgehead atoms. The van der Waals surface area contributed by atoms with Gasteiger partial charge in [0.05, 0.1) is 5.92 Å². The molecule has 1 aliphatic rings. The molecule has 0 atom stereocenters. The molecule has 1 aromatic carbocycles. The van der Waals surface area contributed by atoms with Gasteiger partial charge in [0.2, 0.25) is 0 Å². The van der Waals surface area contributed by atoms with Crippen molar-refractivity contribution in [3.8, 4) is 0 Å². The molecule has 6 heteroatoms. The van der Waals surface area contributed by atoms with Gasteiger partial charge in [-0.3, -0.25) is 4.79 Å². The van der Waals surface area contributed by atoms with E-state index in [4.69, 9.17) is 5.11 Å². The lowest BCUT2D eigenvalue weighted by atomic mass is 10.0. The molecule has 0 aromatic heterocycles. The third-order valence-corrected chi connectivity index (χ3v) is 2.87. The van der Waals surface area contributed by atoms with Crippen molar-refractivity contribution >= 4 is 12.0 Å². The zero-order valence-electron chi connectivity index (χ0n) is 9.60. The van der Waals surface area contributed by atoms with Gasteiger partial charge in [0.15, 0.2) is 0 Å². The number of carbonyl (C=O) groups excluding carboxylic acids is 1. The number of benzene rings is 1. The van der Waals surface area contributed by atoms with Crippen LogP contribution in [0.3, 0.4) is 0 Å². The topological polar surface area (TPSA) is 69.6 Å². The number of halogens is 1. The quantitative estimate of drug-likeness (QED) is 0.844. The smallest absolute Gasteiger partial charge is 0.317 e. The van der Waals surface area contributed by atoms with Crippen molar-refractivity contribution in [3.05, 3.63) is 35.6 Å². The highest BCUT2D eigenvalue weighted by Crippen LogP contribution is 2.15. The first-order valence-corrected chi connectivity index (χ1v) is 5.56. The van der Waals surface area contributed by atoms with Crippen molar-refractivity contribution < 1.29 is 19.1 Å². The molecule has 0 saturated carbocycles. The number of aliphatic carboxylic acids is 1. The van der Waals surface area contributed by atoms with Gasteiger partial charge in [-0.2, -0.15) is 0 Å². The molecule has 0 aliphatic carbocycles. The van der Waals surface area contributed by atoms with E-state index in [0.717, 1.165) is 5.56 Å². The number of hydrogen-bond acceptors (Lipinski definition) is 2. The van der Waals surface area contributed by atoms with Crippen LogP contribution >= 0.6 is 0 Å². The first-order chi connectivity index (χ1) is 8.56. The van der Waals surface area contributed by atoms with Crippen LogP contribution in [0.5, 0.6) is 0 Å². The van der Waals surface area contributed by atoms with Gasteiger partial charge in [0.1, 0.15) is 5.82 Å². The number of nitrogens with one attached hydrogen (secondary N) is 1. The van der Waals surface area contributed by atoms with E-state index in [2.05, 4.69) is 5.32 Å². The molecule has 0 radical (unpaired) electrons. The lowest BCUT2D eigenvalue weighted by Crippen LogP contribution is -2.56. The second-order valence-electron chi connectivity index (χ2n) is 4.23. The summed E-state index contributed by atoms with van der Waals surface area (Å²) in [5.41, 5.74) is 0.792. The molecular weight excluding hydrogens is 239 g/mol. The number of nitrogens with zero attached hydrogens (tertiary/aromatic N) is 1. The van der Waals surface area contributed by atoms with Gasteiger partial charge in [-0.25, -0.2) is 9.18 Å². The zero-order valence-corrected chi connectivity index (χ0v) is 9.60. The number of carboxylic acids is 1. The van der Waals surface area contributed by atoms with Crippen LogP contribution in [0.4, 0.5) is 9.18 Å². The average molecular weight is 252 g/mol. The summed E-state index contributed by atoms with van der Waals surface area (Å²) in [5, 5.41) is 11.3. The van der Waals surface area contributed by atoms with Crippen molar-refractivity contribution in [2.24, 2.45) is 5.92 Å². The summed E-state index contributed by atoms with van der Waals surface area (Å²) < 4.78 is 12.6. The summed E-state index contributed by atoms with van der Waals surface area (Å²) in [6, 6.07) is 5.53. The Hall–Kier alpha value is -2.11. The van der Waals surface area contributed by atoms with Crippen molar-refractivity contribution in [2.75, 3.05) is 13.1 Å². The Bertz CT molecular complexity index is 455. The van der Waals surface area contributed by atoms with Crippen molar-refractivity contribution in [1.29, 1.82) is 0 Å². The Morgan fingerprint density at radius 1 is 1.33 bits per heavy atom. The highest BCUT2D eigenvalue weighted by atomic mass is 19.1. The standard InChI is InChI=1S/C12H13FN2O3/c13-10-3-1-8(2-4-10)5-14-12(18)15-6-9(7-15)11(16)17/h1-4,9H,5-7H2,(H,14,18)(H,16,17). The summed E-state index contributed by atoms with van der Waals surface area (Å²) in [6.07, 6.45) is 0. The molecule has 1 heterocycles. The molecule has 2 amide bonds. The molecule has 1 aliphatic heterocycles. The van der Waals surface area contributed by atoms with Gasteiger partial charge in [-0.15, -0.1) is 0 Å². The Morgan fingerprint density at radius 2 is 1.94 bits per heavy atom. The maximum atomic E-state index is 12.6. The van der Waals surface area contributed by atoms with Gasteiger partial charge in [-0.1, -0.05) is 12.1 Å². The summed E-state index contributed by atoms with van der Waals surface area (Å²) in [7, 11) is 0. The largest absolute Gasteiger partial charge is 0.481 e. The first-order valence-electron chi connectivity index (χ1n) is 5.56. The van der Waals surface area contributed by atoms with Crippen LogP contribution in [-0.2, 0) is 11.3 Å². The number of rotatable bonds is 3. The number of urea groups is 1. The molecule has 1 fully saturated rings. The lowest BCUT2D eigenvalue weighted by Gasteiger charge is -2.36. The molecule has 2 N–H and O–H groups in total. The molecule has 0 unspecified atom stereocenters. The van der Waals surface area contributed by atoms with E-state index in [1.807, 2.05) is 0 Å². The summed E-state index contributed by atoms with van der Waals surface area (Å²) in [6.45, 7) is 0.780. The van der Waals surface area contributed by atoms with Crippen LogP contribution in [0.1, 0.15) is 5.56 Å². The second kappa shape index (κ2) is 5.03. The fourth-order valence-corrected chi connectivity index (χ4v) is 1.69. The summed E-state index contributed by atoms with van der Waals surface area (Å²) in [4.78, 5) is 23.6. The van der Waals surface area contributed by atoms with Crippen molar-refractivity contribution in [1.82, 2.24) is 10.2 Å². The van der Waals surface area contributed by atoms with Gasteiger partial charge in [0, 0.05) is 19.6 Å². The van der Waals surface area contributed by atoms with Crippen molar-refractivity contribution in [3.63, 3.8) is 0 Å². The minimum Gasteiger partial charge on any atom is -0.481 e. The predicted octanol–water partition coefficient (Wildman–Crippen LogP) is 1.05. The van der Waals surface area contributed by atoms with Crippen LogP contribution in [0.15, 0.2) is 24.3 Å². The van der Waals surface area contributed by atoms with Crippen LogP contribution in [0, 0.1) is 11.7 Å². The maximum Gasteiger partial charge on any atom is 0.317 e. The molecule has 5 nitrogen and oxygen atoms in total. The van der Waals surface area contributed by atoms with Crippen LogP contribution in [0.25, 0.3) is 0 Å². The second-order valence-corrected chi connectivity index (χ2v) is 4.23. The number of carboxylic acid groups (broad SMARTS) is 1. The molecule has 1 aromatic rings. The highest BCUT2D eigenvalue weighted by molar-refractivity contribution is 5.79. The number of amides is 2. The van der Waals surface area contributed by atoms with Crippen LogP contribution in [-0.4, -0.2) is 35.1 Å². The minimum absolute atomic E-state index is 0.241. The molecule has 2 rings (SSSR count). The summed E-state index contributed by atoms with van der Waals surface area (Å²) >= 11 is 0. The van der Waals surface area contributed by atoms with E-state index in [1.54, 1.807) is 12.1 Å². The zero-order chi connectivity index (χ0) is 13.1. The van der Waals surface area contributed by atoms with E-state index in [1.165, 1.54) is 17.0 Å². The fourth-order valence-electron chi connectivity index (χ4n) is 1.69. The summed E-state index contributed by atoms with van der Waals surface area (Å²) in [5.74, 6) is -1.66. The number of carbonyl (C=O) groups is 2. The van der Waals surface area contributed by atoms with Gasteiger partial charge >= 0.3 is 12.0 Å². The Morgan fingerprint density at radius 3 is 2.50 bits per heavy atom. The molecule has 1 saturated heterocycles. The number of hydrogen-bond donors (Lipinski definition) is 2. The third kappa shape index (κ3) is 2.77. The van der Waals surface area contributed by atoms with Gasteiger partial charge in [-0.05, 0) is 17.7 Å². The molecule has 0 spiro atoms. The van der Waals surface area contributed by atoms with E-state index in [0.29, 0.717) is 6.54 Å². The van der Waals surface area contributed by atoms with Crippen molar-refractivity contribution in [2.45, 2.75) is 6.54 Å². The maximum absolute atomic E-state index is 12.6. The average Bonchev–Trinajstić information content (AvgIpc) is 2.25. The fraction of sp³-hybridized carbons (Fsp3) is 0.333. The SMILES string of the molecule is O=C(O)C1CN(C(=O)NCc2ccc(F)cc2)C1. The Balaban J connectivity index is 1.76. The van der Waals surface area contributed by atoms with E-state index in [9.17, 15) is 14.0 Å². The first kappa shape index (κ1) is 12.3. The normalized spacial score (nSPS) is 15.1. The predicted molar refractivity (Wildman–Crippen MR) is 61.3 cm³/mol. The monoisotopic (exact) mass is 252 g/mol. The van der Waals surface area contributed by atoms with E-state index >= 15 is 0 Å². The Kier molecular flexibility index (Phi) is 3.45. The minimum atomic E-state index is -0.877. The highest BCUT2D eigenvalue weighted by Gasteiger charge is 2.35. The molecule has 96 valence electrons. The van der Waals surface area contributed by atoms with Crippen LogP contribution in [0.2, 0.25) is 0 Å². The lowest BCUT2D eigenvalue weighted by molar-refractivity contribution is -0.146. The Labute approximate surface area is 103 Å².